The first-order valence-electron chi connectivity index (χ1n) is 9.30. The molecule has 1 aromatic carbocycles. The highest BCUT2D eigenvalue weighted by Gasteiger charge is 2.64. The minimum atomic E-state index is -0.518. The molecule has 3 rings (SSSR count). The molecule has 2 bridgehead atoms. The molecule has 0 aromatic heterocycles. The Balaban J connectivity index is 1.67. The molecule has 140 valence electrons. The van der Waals surface area contributed by atoms with Gasteiger partial charge in [-0.2, -0.15) is 0 Å². The predicted octanol–water partition coefficient (Wildman–Crippen LogP) is 3.44. The van der Waals surface area contributed by atoms with E-state index in [1.165, 1.54) is 4.90 Å². The van der Waals surface area contributed by atoms with Crippen molar-refractivity contribution in [2.75, 3.05) is 11.9 Å². The molecular formula is C21H28N2O3. The van der Waals surface area contributed by atoms with Gasteiger partial charge in [-0.15, -0.1) is 0 Å². The largest absolute Gasteiger partial charge is 0.326 e. The summed E-state index contributed by atoms with van der Waals surface area (Å²) in [5.74, 6) is -0.555. The predicted molar refractivity (Wildman–Crippen MR) is 100 cm³/mol. The van der Waals surface area contributed by atoms with Gasteiger partial charge in [0, 0.05) is 24.6 Å². The van der Waals surface area contributed by atoms with Gasteiger partial charge in [0.05, 0.1) is 5.41 Å². The van der Waals surface area contributed by atoms with Gasteiger partial charge in [0.2, 0.25) is 17.7 Å². The van der Waals surface area contributed by atoms with Crippen molar-refractivity contribution < 1.29 is 14.4 Å². The zero-order valence-corrected chi connectivity index (χ0v) is 16.3. The molecule has 0 spiro atoms. The van der Waals surface area contributed by atoms with Crippen molar-refractivity contribution in [3.8, 4) is 0 Å². The van der Waals surface area contributed by atoms with Gasteiger partial charge in [-0.1, -0.05) is 26.8 Å². The van der Waals surface area contributed by atoms with E-state index in [0.717, 1.165) is 29.7 Å². The number of benzene rings is 1. The van der Waals surface area contributed by atoms with Gasteiger partial charge in [0.25, 0.3) is 0 Å². The Morgan fingerprint density at radius 1 is 1.15 bits per heavy atom. The van der Waals surface area contributed by atoms with Gasteiger partial charge in [-0.25, -0.2) is 0 Å². The van der Waals surface area contributed by atoms with E-state index < -0.39 is 5.41 Å². The van der Waals surface area contributed by atoms with Gasteiger partial charge in [0.1, 0.15) is 0 Å². The summed E-state index contributed by atoms with van der Waals surface area (Å²) >= 11 is 0. The molecule has 1 N–H and O–H groups in total. The first-order valence-corrected chi connectivity index (χ1v) is 9.30. The third-order valence-electron chi connectivity index (χ3n) is 6.58. The van der Waals surface area contributed by atoms with Crippen LogP contribution in [0.3, 0.4) is 0 Å². The van der Waals surface area contributed by atoms with Crippen LogP contribution >= 0.6 is 0 Å². The highest BCUT2D eigenvalue weighted by molar-refractivity contribution is 6.04. The van der Waals surface area contributed by atoms with E-state index >= 15 is 0 Å². The maximum atomic E-state index is 13.0. The standard InChI is InChI=1S/C21H28N2O3/c1-13-10-14(2)12-15(11-13)22-17(24)7-9-23-18(25)16-6-8-21(5,19(23)26)20(16,3)4/h10-12,16H,6-9H2,1-5H3,(H,22,24). The quantitative estimate of drug-likeness (QED) is 0.841. The number of carbonyl (C=O) groups is 3. The summed E-state index contributed by atoms with van der Waals surface area (Å²) in [6.45, 7) is 10.1. The van der Waals surface area contributed by atoms with Crippen molar-refractivity contribution in [3.05, 3.63) is 29.3 Å². The van der Waals surface area contributed by atoms with Crippen LogP contribution in [0.1, 0.15) is 51.2 Å². The molecule has 5 heteroatoms. The number of aryl methyl sites for hydroxylation is 2. The summed E-state index contributed by atoms with van der Waals surface area (Å²) in [4.78, 5) is 39.4. The second kappa shape index (κ2) is 6.22. The highest BCUT2D eigenvalue weighted by Crippen LogP contribution is 2.59. The third kappa shape index (κ3) is 2.83. The topological polar surface area (TPSA) is 66.5 Å². The minimum absolute atomic E-state index is 0.117. The van der Waals surface area contributed by atoms with Gasteiger partial charge in [0.15, 0.2) is 0 Å². The Morgan fingerprint density at radius 2 is 1.77 bits per heavy atom. The zero-order valence-electron chi connectivity index (χ0n) is 16.3. The molecule has 2 atom stereocenters. The van der Waals surface area contributed by atoms with Crippen molar-refractivity contribution in [1.29, 1.82) is 0 Å². The van der Waals surface area contributed by atoms with Crippen LogP contribution in [-0.4, -0.2) is 29.2 Å². The van der Waals surface area contributed by atoms with Gasteiger partial charge >= 0.3 is 0 Å². The first kappa shape index (κ1) is 18.6. The maximum Gasteiger partial charge on any atom is 0.235 e. The van der Waals surface area contributed by atoms with Crippen LogP contribution in [0.25, 0.3) is 0 Å². The number of fused-ring (bicyclic) bond motifs is 2. The lowest BCUT2D eigenvalue weighted by Gasteiger charge is -2.47. The van der Waals surface area contributed by atoms with Gasteiger partial charge < -0.3 is 5.32 Å². The summed E-state index contributed by atoms with van der Waals surface area (Å²) in [5, 5.41) is 2.87. The van der Waals surface area contributed by atoms with Crippen LogP contribution in [0.5, 0.6) is 0 Å². The average Bonchev–Trinajstić information content (AvgIpc) is 2.70. The Hall–Kier alpha value is -2.17. The minimum Gasteiger partial charge on any atom is -0.326 e. The first-order chi connectivity index (χ1) is 12.1. The molecule has 2 unspecified atom stereocenters. The summed E-state index contributed by atoms with van der Waals surface area (Å²) in [6.07, 6.45) is 1.60. The van der Waals surface area contributed by atoms with Crippen LogP contribution in [0.2, 0.25) is 0 Å². The molecule has 26 heavy (non-hydrogen) atoms. The Labute approximate surface area is 155 Å². The fourth-order valence-corrected chi connectivity index (χ4v) is 4.60. The summed E-state index contributed by atoms with van der Waals surface area (Å²) in [5.41, 5.74) is 2.06. The third-order valence-corrected chi connectivity index (χ3v) is 6.58. The number of hydrogen-bond acceptors (Lipinski definition) is 3. The number of imide groups is 1. The van der Waals surface area contributed by atoms with Crippen LogP contribution in [0, 0.1) is 30.6 Å². The number of anilines is 1. The molecule has 3 amide bonds. The van der Waals surface area contributed by atoms with Crippen molar-refractivity contribution in [2.45, 2.75) is 53.9 Å². The fraction of sp³-hybridized carbons (Fsp3) is 0.571. The molecule has 1 aliphatic carbocycles. The second-order valence-corrected chi connectivity index (χ2v) is 8.61. The number of carbonyl (C=O) groups excluding carboxylic acids is 3. The van der Waals surface area contributed by atoms with Crippen molar-refractivity contribution in [1.82, 2.24) is 4.90 Å². The zero-order chi connectivity index (χ0) is 19.3. The number of hydrogen-bond donors (Lipinski definition) is 1. The monoisotopic (exact) mass is 356 g/mol. The van der Waals surface area contributed by atoms with Crippen molar-refractivity contribution in [3.63, 3.8) is 0 Å². The highest BCUT2D eigenvalue weighted by atomic mass is 16.2. The molecule has 1 heterocycles. The number of likely N-dealkylation sites (tertiary alicyclic amines) is 1. The molecule has 1 saturated carbocycles. The molecule has 5 nitrogen and oxygen atoms in total. The SMILES string of the molecule is Cc1cc(C)cc(NC(=O)CCN2C(=O)C3CCC(C)(C2=O)C3(C)C)c1. The number of nitrogens with zero attached hydrogens (tertiary/aromatic N) is 1. The molecule has 0 radical (unpaired) electrons. The van der Waals surface area contributed by atoms with Crippen LogP contribution in [0.15, 0.2) is 18.2 Å². The second-order valence-electron chi connectivity index (χ2n) is 8.61. The molecule has 2 fully saturated rings. The van der Waals surface area contributed by atoms with E-state index in [2.05, 4.69) is 5.32 Å². The molecule has 1 aromatic rings. The van der Waals surface area contributed by atoms with E-state index in [1.807, 2.05) is 52.8 Å². The van der Waals surface area contributed by atoms with Crippen LogP contribution < -0.4 is 5.32 Å². The van der Waals surface area contributed by atoms with E-state index in [9.17, 15) is 14.4 Å². The number of amides is 3. The molecule has 2 aliphatic rings. The summed E-state index contributed by atoms with van der Waals surface area (Å²) in [7, 11) is 0. The Kier molecular flexibility index (Phi) is 4.45. The van der Waals surface area contributed by atoms with Crippen LogP contribution in [0.4, 0.5) is 5.69 Å². The van der Waals surface area contributed by atoms with E-state index in [0.29, 0.717) is 0 Å². The Morgan fingerprint density at radius 3 is 2.38 bits per heavy atom. The lowest BCUT2D eigenvalue weighted by atomic mass is 9.62. The fourth-order valence-electron chi connectivity index (χ4n) is 4.60. The van der Waals surface area contributed by atoms with Crippen molar-refractivity contribution >= 4 is 23.4 Å². The molecular weight excluding hydrogens is 328 g/mol. The lowest BCUT2D eigenvalue weighted by molar-refractivity contribution is -0.167. The van der Waals surface area contributed by atoms with Crippen LogP contribution in [-0.2, 0) is 14.4 Å². The maximum absolute atomic E-state index is 13.0. The van der Waals surface area contributed by atoms with Crippen molar-refractivity contribution in [2.24, 2.45) is 16.7 Å². The van der Waals surface area contributed by atoms with Gasteiger partial charge in [-0.05, 0) is 55.4 Å². The van der Waals surface area contributed by atoms with E-state index in [4.69, 9.17) is 0 Å². The molecule has 1 aliphatic heterocycles. The Bertz CT molecular complexity index is 763. The smallest absolute Gasteiger partial charge is 0.235 e. The molecule has 1 saturated heterocycles. The van der Waals surface area contributed by atoms with Gasteiger partial charge in [-0.3, -0.25) is 19.3 Å². The van der Waals surface area contributed by atoms with E-state index in [1.54, 1.807) is 0 Å². The summed E-state index contributed by atoms with van der Waals surface area (Å²) in [6, 6.07) is 5.86. The number of nitrogens with one attached hydrogen (secondary N) is 1. The average molecular weight is 356 g/mol. The summed E-state index contributed by atoms with van der Waals surface area (Å²) < 4.78 is 0. The number of piperidine rings is 1. The number of rotatable bonds is 4. The van der Waals surface area contributed by atoms with E-state index in [-0.39, 0.29) is 42.0 Å². The lowest BCUT2D eigenvalue weighted by Crippen LogP contribution is -2.59. The normalized spacial score (nSPS) is 27.0.